The molecule has 0 fully saturated rings. The summed E-state index contributed by atoms with van der Waals surface area (Å²) in [4.78, 5) is 0. The van der Waals surface area contributed by atoms with Crippen molar-refractivity contribution in [1.82, 2.24) is 4.72 Å². The highest BCUT2D eigenvalue weighted by atomic mass is 32.1. The maximum Gasteiger partial charge on any atom is 0.101 e. The molecule has 0 unspecified atom stereocenters. The molecule has 0 aliphatic heterocycles. The molecule has 9 heavy (non-hydrogen) atoms. The summed E-state index contributed by atoms with van der Waals surface area (Å²) in [6, 6.07) is 0. The number of ether oxygens (including phenoxy) is 1. The summed E-state index contributed by atoms with van der Waals surface area (Å²) in [6.45, 7) is 5.43. The lowest BCUT2D eigenvalue weighted by atomic mass is 10.4. The van der Waals surface area contributed by atoms with Gasteiger partial charge in [0.15, 0.2) is 0 Å². The van der Waals surface area contributed by atoms with Gasteiger partial charge in [-0.3, -0.25) is 4.72 Å². The second kappa shape index (κ2) is 5.98. The first-order chi connectivity index (χ1) is 4.27. The molecule has 0 amide bonds. The summed E-state index contributed by atoms with van der Waals surface area (Å²) < 4.78 is 7.74. The lowest BCUT2D eigenvalue weighted by Gasteiger charge is -1.98. The van der Waals surface area contributed by atoms with Crippen LogP contribution in [0.2, 0.25) is 0 Å². The highest BCUT2D eigenvalue weighted by Crippen LogP contribution is 1.87. The van der Waals surface area contributed by atoms with E-state index in [-0.39, 0.29) is 0 Å². The molecule has 0 aromatic carbocycles. The zero-order valence-corrected chi connectivity index (χ0v) is 6.74. The third kappa shape index (κ3) is 7.85. The molecular weight excluding hydrogens is 134 g/mol. The first kappa shape index (κ1) is 8.85. The predicted molar refractivity (Wildman–Crippen MR) is 42.4 cm³/mol. The summed E-state index contributed by atoms with van der Waals surface area (Å²) in [5.74, 6) is 0. The topological polar surface area (TPSA) is 21.3 Å². The molecule has 0 radical (unpaired) electrons. The minimum atomic E-state index is 0.675. The molecule has 0 heterocycles. The predicted octanol–water partition coefficient (Wildman–Crippen LogP) is 1.36. The summed E-state index contributed by atoms with van der Waals surface area (Å²) in [5.41, 5.74) is 1.18. The van der Waals surface area contributed by atoms with Gasteiger partial charge in [-0.05, 0) is 19.4 Å². The lowest BCUT2D eigenvalue weighted by Crippen LogP contribution is -2.07. The Morgan fingerprint density at radius 3 is 2.78 bits per heavy atom. The molecule has 0 spiro atoms. The van der Waals surface area contributed by atoms with Crippen LogP contribution in [0, 0.1) is 0 Å². The van der Waals surface area contributed by atoms with Crippen molar-refractivity contribution < 1.29 is 4.74 Å². The van der Waals surface area contributed by atoms with Crippen LogP contribution in [0.1, 0.15) is 13.8 Å². The first-order valence-electron chi connectivity index (χ1n) is 2.89. The highest BCUT2D eigenvalue weighted by molar-refractivity contribution is 7.78. The number of thiol groups is 1. The minimum Gasteiger partial charge on any atom is -0.500 e. The van der Waals surface area contributed by atoms with Crippen LogP contribution in [0.4, 0.5) is 0 Å². The van der Waals surface area contributed by atoms with Crippen molar-refractivity contribution in [3.63, 3.8) is 0 Å². The maximum atomic E-state index is 5.06. The Balaban J connectivity index is 3.00. The molecule has 0 saturated carbocycles. The van der Waals surface area contributed by atoms with Crippen LogP contribution >= 0.6 is 12.8 Å². The average molecular weight is 147 g/mol. The summed E-state index contributed by atoms with van der Waals surface area (Å²) >= 11 is 3.79. The van der Waals surface area contributed by atoms with E-state index in [1.807, 2.05) is 13.8 Å². The Labute approximate surface area is 61.8 Å². The van der Waals surface area contributed by atoms with Gasteiger partial charge in [0.25, 0.3) is 0 Å². The molecule has 0 bridgehead atoms. The molecule has 2 nitrogen and oxygen atoms in total. The molecule has 0 aromatic heterocycles. The van der Waals surface area contributed by atoms with Gasteiger partial charge in [0.05, 0.1) is 6.26 Å². The molecule has 0 aromatic rings. The molecule has 0 saturated heterocycles. The Hall–Kier alpha value is -0.150. The fourth-order valence-electron chi connectivity index (χ4n) is 0.330. The fourth-order valence-corrected chi connectivity index (χ4v) is 0.421. The van der Waals surface area contributed by atoms with Crippen molar-refractivity contribution in [2.75, 3.05) is 13.2 Å². The van der Waals surface area contributed by atoms with Crippen LogP contribution in [0.15, 0.2) is 11.8 Å². The van der Waals surface area contributed by atoms with Crippen LogP contribution in [-0.2, 0) is 4.74 Å². The third-order valence-corrected chi connectivity index (χ3v) is 0.874. The van der Waals surface area contributed by atoms with Crippen molar-refractivity contribution in [2.24, 2.45) is 0 Å². The first-order valence-corrected chi connectivity index (χ1v) is 3.34. The van der Waals surface area contributed by atoms with Crippen molar-refractivity contribution in [2.45, 2.75) is 13.8 Å². The number of rotatable bonds is 4. The van der Waals surface area contributed by atoms with E-state index < -0.39 is 0 Å². The molecule has 3 heteroatoms. The van der Waals surface area contributed by atoms with E-state index in [4.69, 9.17) is 4.74 Å². The number of hydrogen-bond acceptors (Lipinski definition) is 3. The van der Waals surface area contributed by atoms with E-state index in [9.17, 15) is 0 Å². The standard InChI is InChI=1S/C6H13NOS/c1-6(2)5-8-4-3-7-9/h5,7,9H,3-4H2,1-2H3. The van der Waals surface area contributed by atoms with Crippen molar-refractivity contribution >= 4 is 12.8 Å². The van der Waals surface area contributed by atoms with E-state index in [0.29, 0.717) is 6.61 Å². The summed E-state index contributed by atoms with van der Waals surface area (Å²) in [6.07, 6.45) is 1.74. The van der Waals surface area contributed by atoms with Crippen LogP contribution in [0.25, 0.3) is 0 Å². The fraction of sp³-hybridized carbons (Fsp3) is 0.667. The van der Waals surface area contributed by atoms with Gasteiger partial charge >= 0.3 is 0 Å². The molecular formula is C6H13NOS. The van der Waals surface area contributed by atoms with E-state index in [2.05, 4.69) is 17.5 Å². The molecule has 1 N–H and O–H groups in total. The van der Waals surface area contributed by atoms with Crippen molar-refractivity contribution in [3.8, 4) is 0 Å². The lowest BCUT2D eigenvalue weighted by molar-refractivity contribution is 0.254. The molecule has 0 aliphatic carbocycles. The Morgan fingerprint density at radius 1 is 1.67 bits per heavy atom. The second-order valence-corrected chi connectivity index (χ2v) is 2.29. The van der Waals surface area contributed by atoms with Gasteiger partial charge in [0.2, 0.25) is 0 Å². The summed E-state index contributed by atoms with van der Waals surface area (Å²) in [7, 11) is 0. The molecule has 0 aliphatic rings. The van der Waals surface area contributed by atoms with Gasteiger partial charge in [0, 0.05) is 6.54 Å². The largest absolute Gasteiger partial charge is 0.500 e. The quantitative estimate of drug-likeness (QED) is 0.356. The second-order valence-electron chi connectivity index (χ2n) is 1.97. The van der Waals surface area contributed by atoms with Crippen LogP contribution in [-0.4, -0.2) is 13.2 Å². The smallest absolute Gasteiger partial charge is 0.101 e. The third-order valence-electron chi connectivity index (χ3n) is 0.651. The van der Waals surface area contributed by atoms with Gasteiger partial charge < -0.3 is 4.74 Å². The highest BCUT2D eigenvalue weighted by Gasteiger charge is 1.79. The average Bonchev–Trinajstić information content (AvgIpc) is 1.80. The van der Waals surface area contributed by atoms with E-state index in [0.717, 1.165) is 6.54 Å². The molecule has 54 valence electrons. The zero-order valence-electron chi connectivity index (χ0n) is 5.85. The van der Waals surface area contributed by atoms with Gasteiger partial charge in [0.1, 0.15) is 6.61 Å². The summed E-state index contributed by atoms with van der Waals surface area (Å²) in [5, 5.41) is 0. The Kier molecular flexibility index (Phi) is 5.88. The van der Waals surface area contributed by atoms with Crippen LogP contribution in [0.3, 0.4) is 0 Å². The van der Waals surface area contributed by atoms with Crippen LogP contribution in [0.5, 0.6) is 0 Å². The monoisotopic (exact) mass is 147 g/mol. The maximum absolute atomic E-state index is 5.06. The molecule has 0 rings (SSSR count). The van der Waals surface area contributed by atoms with Gasteiger partial charge in [-0.1, -0.05) is 12.8 Å². The Morgan fingerprint density at radius 2 is 2.33 bits per heavy atom. The number of allylic oxidation sites excluding steroid dienone is 1. The normalized spacial score (nSPS) is 8.78. The van der Waals surface area contributed by atoms with E-state index >= 15 is 0 Å². The van der Waals surface area contributed by atoms with Crippen LogP contribution < -0.4 is 4.72 Å². The number of hydrogen-bond donors (Lipinski definition) is 2. The van der Waals surface area contributed by atoms with E-state index in [1.54, 1.807) is 6.26 Å². The molecule has 0 atom stereocenters. The van der Waals surface area contributed by atoms with Crippen molar-refractivity contribution in [1.29, 1.82) is 0 Å². The van der Waals surface area contributed by atoms with Gasteiger partial charge in [-0.15, -0.1) is 0 Å². The SMILES string of the molecule is CC(C)=COCCNS. The number of nitrogens with one attached hydrogen (secondary N) is 1. The minimum absolute atomic E-state index is 0.675. The zero-order chi connectivity index (χ0) is 7.11. The Bertz CT molecular complexity index is 89.1. The van der Waals surface area contributed by atoms with Gasteiger partial charge in [-0.25, -0.2) is 0 Å². The van der Waals surface area contributed by atoms with Crippen molar-refractivity contribution in [3.05, 3.63) is 11.8 Å². The van der Waals surface area contributed by atoms with Gasteiger partial charge in [-0.2, -0.15) is 0 Å². The van der Waals surface area contributed by atoms with E-state index in [1.165, 1.54) is 5.57 Å².